The number of aliphatic hydroxyl groups excluding tert-OH is 1. The molecule has 1 N–H and O–H groups in total. The molecule has 3 rings (SSSR count). The summed E-state index contributed by atoms with van der Waals surface area (Å²) in [5.41, 5.74) is 0.695. The summed E-state index contributed by atoms with van der Waals surface area (Å²) in [5, 5.41) is 10.6. The summed E-state index contributed by atoms with van der Waals surface area (Å²) in [6, 6.07) is 5.75. The highest BCUT2D eigenvalue weighted by Crippen LogP contribution is 2.49. The van der Waals surface area contributed by atoms with Gasteiger partial charge in [0, 0.05) is 12.0 Å². The molecule has 2 aliphatic rings. The highest BCUT2D eigenvalue weighted by atomic mass is 16.5. The van der Waals surface area contributed by atoms with Crippen molar-refractivity contribution in [3.05, 3.63) is 23.8 Å². The van der Waals surface area contributed by atoms with Crippen LogP contribution in [0.25, 0.3) is 0 Å². The number of rotatable bonds is 2. The molecule has 1 aromatic carbocycles. The van der Waals surface area contributed by atoms with Gasteiger partial charge < -0.3 is 14.6 Å². The van der Waals surface area contributed by atoms with Gasteiger partial charge in [-0.1, -0.05) is 13.8 Å². The lowest BCUT2D eigenvalue weighted by Gasteiger charge is -2.46. The van der Waals surface area contributed by atoms with Crippen LogP contribution in [0.5, 0.6) is 11.5 Å². The first kappa shape index (κ1) is 14.7. The first-order chi connectivity index (χ1) is 10.0. The van der Waals surface area contributed by atoms with Crippen molar-refractivity contribution in [1.29, 1.82) is 0 Å². The number of methoxy groups -OCH3 is 1. The molecule has 1 aliphatic carbocycles. The normalized spacial score (nSPS) is 31.9. The van der Waals surface area contributed by atoms with E-state index in [1.54, 1.807) is 7.11 Å². The fraction of sp³-hybridized carbons (Fsp3) is 0.667. The van der Waals surface area contributed by atoms with Crippen molar-refractivity contribution in [2.75, 3.05) is 7.11 Å². The number of ether oxygens (including phenoxy) is 2. The summed E-state index contributed by atoms with van der Waals surface area (Å²) in [6.45, 7) is 4.59. The van der Waals surface area contributed by atoms with Crippen LogP contribution < -0.4 is 9.47 Å². The van der Waals surface area contributed by atoms with Gasteiger partial charge in [0.2, 0.25) is 0 Å². The van der Waals surface area contributed by atoms with Crippen molar-refractivity contribution in [2.45, 2.75) is 57.7 Å². The largest absolute Gasteiger partial charge is 0.497 e. The van der Waals surface area contributed by atoms with Gasteiger partial charge in [0.15, 0.2) is 0 Å². The Morgan fingerprint density at radius 1 is 1.33 bits per heavy atom. The molecule has 2 unspecified atom stereocenters. The van der Waals surface area contributed by atoms with Crippen LogP contribution in [0, 0.1) is 11.8 Å². The first-order valence-electron chi connectivity index (χ1n) is 8.08. The lowest BCUT2D eigenvalue weighted by atomic mass is 9.70. The van der Waals surface area contributed by atoms with Crippen LogP contribution in [0.4, 0.5) is 0 Å². The van der Waals surface area contributed by atoms with E-state index in [-0.39, 0.29) is 5.60 Å². The standard InChI is InChI=1S/C18H26O3/c1-12(2)13-5-4-8-18(10-13)11-16(19)15-9-14(20-3)6-7-17(15)21-18/h6-7,9,12-13,16,19H,4-5,8,10-11H2,1-3H3/t13?,16-,18?/m0/s1. The topological polar surface area (TPSA) is 38.7 Å². The van der Waals surface area contributed by atoms with Crippen LogP contribution >= 0.6 is 0 Å². The lowest BCUT2D eigenvalue weighted by Crippen LogP contribution is -2.45. The van der Waals surface area contributed by atoms with Gasteiger partial charge in [-0.05, 0) is 55.7 Å². The second-order valence-electron chi connectivity index (χ2n) is 7.01. The highest BCUT2D eigenvalue weighted by Gasteiger charge is 2.44. The molecule has 116 valence electrons. The van der Waals surface area contributed by atoms with Gasteiger partial charge in [-0.3, -0.25) is 0 Å². The third kappa shape index (κ3) is 2.76. The van der Waals surface area contributed by atoms with Crippen molar-refractivity contribution in [2.24, 2.45) is 11.8 Å². The van der Waals surface area contributed by atoms with Crippen LogP contribution in [0.1, 0.15) is 57.6 Å². The Labute approximate surface area is 127 Å². The van der Waals surface area contributed by atoms with Crippen molar-refractivity contribution in [3.8, 4) is 11.5 Å². The van der Waals surface area contributed by atoms with Crippen molar-refractivity contribution >= 4 is 0 Å². The average Bonchev–Trinajstić information content (AvgIpc) is 2.47. The van der Waals surface area contributed by atoms with Gasteiger partial charge in [0.25, 0.3) is 0 Å². The zero-order valence-electron chi connectivity index (χ0n) is 13.3. The van der Waals surface area contributed by atoms with Gasteiger partial charge in [0.05, 0.1) is 13.2 Å². The Kier molecular flexibility index (Phi) is 3.87. The van der Waals surface area contributed by atoms with Crippen LogP contribution in [0.3, 0.4) is 0 Å². The number of aliphatic hydroxyl groups is 1. The van der Waals surface area contributed by atoms with E-state index in [1.807, 2.05) is 18.2 Å². The maximum absolute atomic E-state index is 10.6. The van der Waals surface area contributed by atoms with Crippen molar-refractivity contribution < 1.29 is 14.6 Å². The Balaban J connectivity index is 1.87. The van der Waals surface area contributed by atoms with E-state index in [1.165, 1.54) is 12.8 Å². The molecular formula is C18H26O3. The Morgan fingerprint density at radius 3 is 2.86 bits per heavy atom. The predicted molar refractivity (Wildman–Crippen MR) is 82.7 cm³/mol. The zero-order chi connectivity index (χ0) is 15.0. The van der Waals surface area contributed by atoms with Gasteiger partial charge >= 0.3 is 0 Å². The maximum atomic E-state index is 10.6. The summed E-state index contributed by atoms with van der Waals surface area (Å²) in [5.74, 6) is 2.99. The molecule has 3 nitrogen and oxygen atoms in total. The molecule has 1 heterocycles. The molecule has 0 saturated heterocycles. The van der Waals surface area contributed by atoms with Crippen molar-refractivity contribution in [3.63, 3.8) is 0 Å². The minimum absolute atomic E-state index is 0.172. The number of hydrogen-bond acceptors (Lipinski definition) is 3. The monoisotopic (exact) mass is 290 g/mol. The third-order valence-corrected chi connectivity index (χ3v) is 5.25. The van der Waals surface area contributed by atoms with E-state index in [0.29, 0.717) is 18.3 Å². The summed E-state index contributed by atoms with van der Waals surface area (Å²) < 4.78 is 11.6. The predicted octanol–water partition coefficient (Wildman–Crippen LogP) is 4.10. The van der Waals surface area contributed by atoms with E-state index in [0.717, 1.165) is 29.9 Å². The molecule has 1 aliphatic heterocycles. The fourth-order valence-corrected chi connectivity index (χ4v) is 3.96. The van der Waals surface area contributed by atoms with Crippen LogP contribution in [-0.4, -0.2) is 17.8 Å². The molecule has 1 fully saturated rings. The van der Waals surface area contributed by atoms with Gasteiger partial charge in [-0.15, -0.1) is 0 Å². The summed E-state index contributed by atoms with van der Waals surface area (Å²) in [6.07, 6.45) is 4.85. The highest BCUT2D eigenvalue weighted by molar-refractivity contribution is 5.43. The molecule has 0 amide bonds. The zero-order valence-corrected chi connectivity index (χ0v) is 13.3. The van der Waals surface area contributed by atoms with Gasteiger partial charge in [0.1, 0.15) is 17.1 Å². The Morgan fingerprint density at radius 2 is 2.14 bits per heavy atom. The second kappa shape index (κ2) is 5.53. The van der Waals surface area contributed by atoms with Crippen LogP contribution in [0.15, 0.2) is 18.2 Å². The van der Waals surface area contributed by atoms with Crippen LogP contribution in [-0.2, 0) is 0 Å². The minimum Gasteiger partial charge on any atom is -0.497 e. The molecule has 1 spiro atoms. The van der Waals surface area contributed by atoms with E-state index in [9.17, 15) is 5.11 Å². The lowest BCUT2D eigenvalue weighted by molar-refractivity contribution is -0.0573. The third-order valence-electron chi connectivity index (χ3n) is 5.25. The quantitative estimate of drug-likeness (QED) is 0.891. The van der Waals surface area contributed by atoms with E-state index >= 15 is 0 Å². The molecule has 0 radical (unpaired) electrons. The van der Waals surface area contributed by atoms with E-state index in [2.05, 4.69) is 13.8 Å². The molecule has 1 saturated carbocycles. The number of benzene rings is 1. The summed E-state index contributed by atoms with van der Waals surface area (Å²) in [7, 11) is 1.65. The summed E-state index contributed by atoms with van der Waals surface area (Å²) in [4.78, 5) is 0. The average molecular weight is 290 g/mol. The first-order valence-corrected chi connectivity index (χ1v) is 8.08. The van der Waals surface area contributed by atoms with Crippen LogP contribution in [0.2, 0.25) is 0 Å². The van der Waals surface area contributed by atoms with Gasteiger partial charge in [-0.25, -0.2) is 0 Å². The molecular weight excluding hydrogens is 264 g/mol. The summed E-state index contributed by atoms with van der Waals surface area (Å²) >= 11 is 0. The smallest absolute Gasteiger partial charge is 0.126 e. The second-order valence-corrected chi connectivity index (χ2v) is 7.01. The molecule has 1 aromatic rings. The fourth-order valence-electron chi connectivity index (χ4n) is 3.96. The van der Waals surface area contributed by atoms with Crippen molar-refractivity contribution in [1.82, 2.24) is 0 Å². The Bertz CT molecular complexity index is 511. The van der Waals surface area contributed by atoms with E-state index < -0.39 is 6.10 Å². The molecule has 3 atom stereocenters. The van der Waals surface area contributed by atoms with Gasteiger partial charge in [-0.2, -0.15) is 0 Å². The Hall–Kier alpha value is -1.22. The molecule has 3 heteroatoms. The number of fused-ring (bicyclic) bond motifs is 1. The number of hydrogen-bond donors (Lipinski definition) is 1. The van der Waals surface area contributed by atoms with E-state index in [4.69, 9.17) is 9.47 Å². The maximum Gasteiger partial charge on any atom is 0.126 e. The SMILES string of the molecule is COc1ccc2c(c1)[C@@H](O)CC1(CCCC(C(C)C)C1)O2. The molecule has 0 bridgehead atoms. The molecule has 0 aromatic heterocycles. The molecule has 21 heavy (non-hydrogen) atoms. The minimum atomic E-state index is -0.449.